The maximum absolute atomic E-state index is 10.4. The number of carbonyl (C=O) groups is 2. The molecule has 98 valence electrons. The Morgan fingerprint density at radius 2 is 1.32 bits per heavy atom. The highest BCUT2D eigenvalue weighted by atomic mass is 16.4. The molecule has 0 amide bonds. The summed E-state index contributed by atoms with van der Waals surface area (Å²) in [4.78, 5) is 20.6. The molecule has 0 aliphatic carbocycles. The van der Waals surface area contributed by atoms with Crippen molar-refractivity contribution in [2.45, 2.75) is 6.92 Å². The van der Waals surface area contributed by atoms with Crippen molar-refractivity contribution < 1.29 is 19.8 Å². The molecule has 2 rings (SSSR count). The normalized spacial score (nSPS) is 9.11. The molecule has 0 radical (unpaired) electrons. The van der Waals surface area contributed by atoms with Crippen LogP contribution in [0.2, 0.25) is 0 Å². The number of carboxylic acid groups (broad SMARTS) is 2. The molecule has 0 atom stereocenters. The zero-order chi connectivity index (χ0) is 14.3. The fourth-order valence-corrected chi connectivity index (χ4v) is 1.39. The predicted octanol–water partition coefficient (Wildman–Crippen LogP) is 3.08. The van der Waals surface area contributed by atoms with E-state index in [9.17, 15) is 9.59 Å². The Hall–Kier alpha value is -2.62. The molecule has 0 spiro atoms. The molecule has 0 aromatic heterocycles. The quantitative estimate of drug-likeness (QED) is 0.868. The van der Waals surface area contributed by atoms with Crippen LogP contribution in [-0.4, -0.2) is 22.2 Å². The standard InChI is InChI=1S/C8H8O2.C7H6O2/c1-6-4-2-3-5-7(6)8(9)10;8-7(9)6-4-2-1-3-5-6/h2-5H,1H3,(H,9,10);1-5H,(H,8,9). The third kappa shape index (κ3) is 4.63. The van der Waals surface area contributed by atoms with E-state index in [2.05, 4.69) is 0 Å². The van der Waals surface area contributed by atoms with E-state index >= 15 is 0 Å². The van der Waals surface area contributed by atoms with Crippen LogP contribution in [0.5, 0.6) is 0 Å². The van der Waals surface area contributed by atoms with Gasteiger partial charge in [-0.3, -0.25) is 0 Å². The van der Waals surface area contributed by atoms with Gasteiger partial charge in [0.1, 0.15) is 0 Å². The molecule has 0 fully saturated rings. The summed E-state index contributed by atoms with van der Waals surface area (Å²) in [7, 11) is 0. The van der Waals surface area contributed by atoms with E-state index in [0.29, 0.717) is 11.1 Å². The van der Waals surface area contributed by atoms with Crippen molar-refractivity contribution in [3.05, 3.63) is 71.3 Å². The summed E-state index contributed by atoms with van der Waals surface area (Å²) < 4.78 is 0. The van der Waals surface area contributed by atoms with Gasteiger partial charge >= 0.3 is 11.9 Å². The maximum Gasteiger partial charge on any atom is 0.335 e. The van der Waals surface area contributed by atoms with Gasteiger partial charge in [0.25, 0.3) is 0 Å². The second-order valence-electron chi connectivity index (χ2n) is 3.79. The molecule has 4 heteroatoms. The predicted molar refractivity (Wildman–Crippen MR) is 71.5 cm³/mol. The first kappa shape index (κ1) is 14.4. The van der Waals surface area contributed by atoms with Gasteiger partial charge in [-0.25, -0.2) is 9.59 Å². The first-order valence-corrected chi connectivity index (χ1v) is 5.59. The zero-order valence-corrected chi connectivity index (χ0v) is 10.4. The topological polar surface area (TPSA) is 74.6 Å². The molecular formula is C15H14O4. The second-order valence-corrected chi connectivity index (χ2v) is 3.79. The van der Waals surface area contributed by atoms with Crippen molar-refractivity contribution in [3.63, 3.8) is 0 Å². The van der Waals surface area contributed by atoms with Crippen LogP contribution in [0.15, 0.2) is 54.6 Å². The summed E-state index contributed by atoms with van der Waals surface area (Å²) in [5.74, 6) is -1.74. The maximum atomic E-state index is 10.4. The lowest BCUT2D eigenvalue weighted by Crippen LogP contribution is -1.97. The Morgan fingerprint density at radius 3 is 1.68 bits per heavy atom. The lowest BCUT2D eigenvalue weighted by molar-refractivity contribution is 0.0685. The second kappa shape index (κ2) is 6.96. The summed E-state index contributed by atoms with van der Waals surface area (Å²) in [6, 6.07) is 15.2. The van der Waals surface area contributed by atoms with E-state index in [1.807, 2.05) is 6.07 Å². The first-order valence-electron chi connectivity index (χ1n) is 5.59. The van der Waals surface area contributed by atoms with Crippen LogP contribution in [0.4, 0.5) is 0 Å². The third-order valence-corrected chi connectivity index (χ3v) is 2.40. The van der Waals surface area contributed by atoms with Crippen LogP contribution in [0.25, 0.3) is 0 Å². The van der Waals surface area contributed by atoms with Gasteiger partial charge in [-0.05, 0) is 30.7 Å². The zero-order valence-electron chi connectivity index (χ0n) is 10.4. The van der Waals surface area contributed by atoms with E-state index < -0.39 is 11.9 Å². The number of carboxylic acids is 2. The number of aromatic carboxylic acids is 2. The van der Waals surface area contributed by atoms with E-state index in [1.54, 1.807) is 55.5 Å². The molecule has 2 aromatic carbocycles. The summed E-state index contributed by atoms with van der Waals surface area (Å²) >= 11 is 0. The van der Waals surface area contributed by atoms with Crippen molar-refractivity contribution >= 4 is 11.9 Å². The lowest BCUT2D eigenvalue weighted by Gasteiger charge is -1.96. The Balaban J connectivity index is 0.000000191. The molecule has 2 aromatic rings. The fraction of sp³-hybridized carbons (Fsp3) is 0.0667. The summed E-state index contributed by atoms with van der Waals surface area (Å²) in [5.41, 5.74) is 1.51. The Labute approximate surface area is 111 Å². The van der Waals surface area contributed by atoms with Gasteiger partial charge in [0.15, 0.2) is 0 Å². The molecule has 0 bridgehead atoms. The van der Waals surface area contributed by atoms with Crippen LogP contribution in [0, 0.1) is 6.92 Å². The minimum absolute atomic E-state index is 0.331. The van der Waals surface area contributed by atoms with Gasteiger partial charge in [-0.15, -0.1) is 0 Å². The molecule has 0 saturated carbocycles. The minimum Gasteiger partial charge on any atom is -0.478 e. The summed E-state index contributed by atoms with van der Waals surface area (Å²) in [6.07, 6.45) is 0. The molecule has 0 saturated heterocycles. The number of hydrogen-bond acceptors (Lipinski definition) is 2. The number of benzene rings is 2. The number of rotatable bonds is 2. The van der Waals surface area contributed by atoms with E-state index in [-0.39, 0.29) is 0 Å². The summed E-state index contributed by atoms with van der Waals surface area (Å²) in [5, 5.41) is 17.0. The SMILES string of the molecule is Cc1ccccc1C(=O)O.O=C(O)c1ccccc1. The molecule has 0 aliphatic rings. The van der Waals surface area contributed by atoms with Crippen LogP contribution in [0.3, 0.4) is 0 Å². The number of hydrogen-bond donors (Lipinski definition) is 2. The number of aryl methyl sites for hydroxylation is 1. The average Bonchev–Trinajstić information content (AvgIpc) is 2.40. The smallest absolute Gasteiger partial charge is 0.335 e. The van der Waals surface area contributed by atoms with Crippen LogP contribution in [-0.2, 0) is 0 Å². The van der Waals surface area contributed by atoms with Crippen molar-refractivity contribution in [1.82, 2.24) is 0 Å². The fourth-order valence-electron chi connectivity index (χ4n) is 1.39. The van der Waals surface area contributed by atoms with Crippen molar-refractivity contribution in [3.8, 4) is 0 Å². The van der Waals surface area contributed by atoms with Gasteiger partial charge in [-0.1, -0.05) is 36.4 Å². The van der Waals surface area contributed by atoms with Crippen molar-refractivity contribution in [2.24, 2.45) is 0 Å². The van der Waals surface area contributed by atoms with E-state index in [4.69, 9.17) is 10.2 Å². The Kier molecular flexibility index (Phi) is 5.29. The van der Waals surface area contributed by atoms with Gasteiger partial charge in [0.05, 0.1) is 11.1 Å². The van der Waals surface area contributed by atoms with Gasteiger partial charge < -0.3 is 10.2 Å². The molecule has 4 nitrogen and oxygen atoms in total. The average molecular weight is 258 g/mol. The Morgan fingerprint density at radius 1 is 0.789 bits per heavy atom. The van der Waals surface area contributed by atoms with Crippen molar-refractivity contribution in [1.29, 1.82) is 0 Å². The van der Waals surface area contributed by atoms with Crippen molar-refractivity contribution in [2.75, 3.05) is 0 Å². The van der Waals surface area contributed by atoms with Gasteiger partial charge in [0, 0.05) is 0 Å². The lowest BCUT2D eigenvalue weighted by atomic mass is 10.1. The first-order chi connectivity index (χ1) is 9.02. The monoisotopic (exact) mass is 258 g/mol. The minimum atomic E-state index is -0.879. The largest absolute Gasteiger partial charge is 0.478 e. The molecule has 0 unspecified atom stereocenters. The molecule has 2 N–H and O–H groups in total. The highest BCUT2D eigenvalue weighted by Gasteiger charge is 2.02. The van der Waals surface area contributed by atoms with Gasteiger partial charge in [-0.2, -0.15) is 0 Å². The summed E-state index contributed by atoms with van der Waals surface area (Å²) in [6.45, 7) is 1.78. The highest BCUT2D eigenvalue weighted by Crippen LogP contribution is 2.05. The van der Waals surface area contributed by atoms with Gasteiger partial charge in [0.2, 0.25) is 0 Å². The van der Waals surface area contributed by atoms with E-state index in [1.165, 1.54) is 0 Å². The van der Waals surface area contributed by atoms with Crippen LogP contribution >= 0.6 is 0 Å². The Bertz CT molecular complexity index is 561. The molecule has 0 heterocycles. The van der Waals surface area contributed by atoms with E-state index in [0.717, 1.165) is 5.56 Å². The molecular weight excluding hydrogens is 244 g/mol. The third-order valence-electron chi connectivity index (χ3n) is 2.40. The molecule has 0 aliphatic heterocycles. The van der Waals surface area contributed by atoms with Crippen LogP contribution < -0.4 is 0 Å². The highest BCUT2D eigenvalue weighted by molar-refractivity contribution is 5.89. The molecule has 19 heavy (non-hydrogen) atoms. The van der Waals surface area contributed by atoms with Crippen LogP contribution in [0.1, 0.15) is 26.3 Å².